The zero-order chi connectivity index (χ0) is 19.8. The summed E-state index contributed by atoms with van der Waals surface area (Å²) in [6, 6.07) is 14.3. The minimum absolute atomic E-state index is 0.0619. The molecule has 8 heteroatoms. The van der Waals surface area contributed by atoms with E-state index < -0.39 is 0 Å². The Morgan fingerprint density at radius 3 is 2.90 bits per heavy atom. The first-order chi connectivity index (χ1) is 14.2. The predicted octanol–water partition coefficient (Wildman–Crippen LogP) is 5.55. The lowest BCUT2D eigenvalue weighted by Crippen LogP contribution is -2.22. The van der Waals surface area contributed by atoms with E-state index >= 15 is 0 Å². The molecule has 5 aromatic rings. The van der Waals surface area contributed by atoms with Gasteiger partial charge in [-0.3, -0.25) is 9.36 Å². The molecule has 0 amide bonds. The average Bonchev–Trinajstić information content (AvgIpc) is 3.37. The van der Waals surface area contributed by atoms with Crippen molar-refractivity contribution in [2.75, 3.05) is 0 Å². The van der Waals surface area contributed by atoms with Crippen LogP contribution < -0.4 is 5.56 Å². The molecule has 0 unspecified atom stereocenters. The second kappa shape index (κ2) is 7.70. The van der Waals surface area contributed by atoms with E-state index in [0.29, 0.717) is 27.7 Å². The van der Waals surface area contributed by atoms with Crippen LogP contribution in [0.5, 0.6) is 0 Å². The highest BCUT2D eigenvalue weighted by Gasteiger charge is 2.17. The number of thioether (sulfide) groups is 1. The maximum atomic E-state index is 13.5. The Bertz CT molecular complexity index is 1380. The highest BCUT2D eigenvalue weighted by atomic mass is 32.2. The van der Waals surface area contributed by atoms with E-state index in [2.05, 4.69) is 4.98 Å². The SMILES string of the molecule is O=c1c2sc3ncccc3c2nc(SCc2cccc(F)c2)n1Cc1cccs1. The molecule has 5 rings (SSSR count). The first-order valence-corrected chi connectivity index (χ1v) is 11.5. The Morgan fingerprint density at radius 1 is 1.14 bits per heavy atom. The summed E-state index contributed by atoms with van der Waals surface area (Å²) in [6.45, 7) is 0.465. The summed E-state index contributed by atoms with van der Waals surface area (Å²) in [5.74, 6) is 0.262. The molecule has 29 heavy (non-hydrogen) atoms. The normalized spacial score (nSPS) is 11.5. The van der Waals surface area contributed by atoms with Gasteiger partial charge in [-0.15, -0.1) is 22.7 Å². The average molecular weight is 440 g/mol. The summed E-state index contributed by atoms with van der Waals surface area (Å²) in [7, 11) is 0. The van der Waals surface area contributed by atoms with Gasteiger partial charge in [-0.2, -0.15) is 0 Å². The van der Waals surface area contributed by atoms with E-state index in [1.54, 1.807) is 28.2 Å². The molecule has 0 radical (unpaired) electrons. The van der Waals surface area contributed by atoms with Crippen molar-refractivity contribution < 1.29 is 4.39 Å². The lowest BCUT2D eigenvalue weighted by Gasteiger charge is -2.11. The van der Waals surface area contributed by atoms with E-state index in [4.69, 9.17) is 4.98 Å². The van der Waals surface area contributed by atoms with Crippen LogP contribution in [0.4, 0.5) is 4.39 Å². The largest absolute Gasteiger partial charge is 0.281 e. The van der Waals surface area contributed by atoms with Crippen LogP contribution in [0.2, 0.25) is 0 Å². The van der Waals surface area contributed by atoms with Gasteiger partial charge in [-0.1, -0.05) is 30.0 Å². The summed E-state index contributed by atoms with van der Waals surface area (Å²) in [4.78, 5) is 24.5. The highest BCUT2D eigenvalue weighted by molar-refractivity contribution is 7.98. The zero-order valence-corrected chi connectivity index (χ0v) is 17.5. The van der Waals surface area contributed by atoms with E-state index in [1.165, 1.54) is 35.2 Å². The minimum Gasteiger partial charge on any atom is -0.281 e. The Hall–Kier alpha value is -2.55. The highest BCUT2D eigenvalue weighted by Crippen LogP contribution is 2.31. The van der Waals surface area contributed by atoms with Gasteiger partial charge >= 0.3 is 0 Å². The van der Waals surface area contributed by atoms with Gasteiger partial charge in [0.25, 0.3) is 5.56 Å². The first-order valence-electron chi connectivity index (χ1n) is 8.87. The molecule has 4 heterocycles. The number of aromatic nitrogens is 3. The summed E-state index contributed by atoms with van der Waals surface area (Å²) < 4.78 is 15.9. The Labute approximate surface area is 177 Å². The molecule has 0 fully saturated rings. The number of fused-ring (bicyclic) bond motifs is 3. The third-order valence-corrected chi connectivity index (χ3v) is 7.47. The van der Waals surface area contributed by atoms with E-state index in [-0.39, 0.29) is 11.4 Å². The van der Waals surface area contributed by atoms with Gasteiger partial charge in [0.2, 0.25) is 0 Å². The number of hydrogen-bond donors (Lipinski definition) is 0. The van der Waals surface area contributed by atoms with Crippen LogP contribution in [0.3, 0.4) is 0 Å². The van der Waals surface area contributed by atoms with Gasteiger partial charge in [0.1, 0.15) is 15.3 Å². The van der Waals surface area contributed by atoms with Crippen LogP contribution in [0.25, 0.3) is 20.4 Å². The van der Waals surface area contributed by atoms with E-state index in [0.717, 1.165) is 20.7 Å². The van der Waals surface area contributed by atoms with E-state index in [9.17, 15) is 9.18 Å². The van der Waals surface area contributed by atoms with Crippen molar-refractivity contribution in [2.45, 2.75) is 17.5 Å². The van der Waals surface area contributed by atoms with Crippen molar-refractivity contribution in [1.82, 2.24) is 14.5 Å². The monoisotopic (exact) mass is 439 g/mol. The Morgan fingerprint density at radius 2 is 2.07 bits per heavy atom. The Kier molecular flexibility index (Phi) is 4.91. The topological polar surface area (TPSA) is 47.8 Å². The molecule has 1 aromatic carbocycles. The maximum absolute atomic E-state index is 13.5. The van der Waals surface area contributed by atoms with Gasteiger partial charge in [-0.25, -0.2) is 14.4 Å². The molecular formula is C21H14FN3OS3. The van der Waals surface area contributed by atoms with Crippen LogP contribution >= 0.6 is 34.4 Å². The molecule has 0 spiro atoms. The molecule has 0 N–H and O–H groups in total. The molecule has 4 aromatic heterocycles. The zero-order valence-electron chi connectivity index (χ0n) is 15.0. The van der Waals surface area contributed by atoms with Crippen molar-refractivity contribution >= 4 is 54.9 Å². The number of thiophene rings is 2. The lowest BCUT2D eigenvalue weighted by molar-refractivity contribution is 0.626. The van der Waals surface area contributed by atoms with Gasteiger partial charge in [0, 0.05) is 22.2 Å². The number of benzene rings is 1. The molecule has 0 aliphatic heterocycles. The van der Waals surface area contributed by atoms with Crippen molar-refractivity contribution in [3.63, 3.8) is 0 Å². The number of halogens is 1. The second-order valence-corrected chi connectivity index (χ2v) is 9.39. The molecule has 144 valence electrons. The van der Waals surface area contributed by atoms with Crippen LogP contribution in [-0.4, -0.2) is 14.5 Å². The quantitative estimate of drug-likeness (QED) is 0.266. The van der Waals surface area contributed by atoms with Crippen LogP contribution in [0, 0.1) is 5.82 Å². The third kappa shape index (κ3) is 3.59. The van der Waals surface area contributed by atoms with Crippen molar-refractivity contribution in [3.05, 3.63) is 86.7 Å². The number of hydrogen-bond acceptors (Lipinski definition) is 6. The van der Waals surface area contributed by atoms with Gasteiger partial charge < -0.3 is 0 Å². The summed E-state index contributed by atoms with van der Waals surface area (Å²) in [6.07, 6.45) is 1.72. The molecule has 0 aliphatic rings. The Balaban J connectivity index is 1.64. The molecule has 0 saturated heterocycles. The molecule has 0 bridgehead atoms. The predicted molar refractivity (Wildman–Crippen MR) is 119 cm³/mol. The summed E-state index contributed by atoms with van der Waals surface area (Å²) >= 11 is 4.43. The van der Waals surface area contributed by atoms with Crippen molar-refractivity contribution in [1.29, 1.82) is 0 Å². The molecule has 0 aliphatic carbocycles. The molecule has 0 atom stereocenters. The van der Waals surface area contributed by atoms with E-state index in [1.807, 2.05) is 35.7 Å². The van der Waals surface area contributed by atoms with Crippen LogP contribution in [0.1, 0.15) is 10.4 Å². The number of nitrogens with zero attached hydrogens (tertiary/aromatic N) is 3. The van der Waals surface area contributed by atoms with Crippen LogP contribution in [-0.2, 0) is 12.3 Å². The second-order valence-electron chi connectivity index (χ2n) is 6.42. The minimum atomic E-state index is -0.266. The van der Waals surface area contributed by atoms with Crippen molar-refractivity contribution in [3.8, 4) is 0 Å². The van der Waals surface area contributed by atoms with Crippen molar-refractivity contribution in [2.24, 2.45) is 0 Å². The summed E-state index contributed by atoms with van der Waals surface area (Å²) in [5, 5.41) is 3.51. The standard InChI is InChI=1S/C21H14FN3OS3/c22-14-5-1-4-13(10-14)12-28-21-24-17-16-7-2-8-23-19(16)29-18(17)20(26)25(21)11-15-6-3-9-27-15/h1-10H,11-12H2. The number of rotatable bonds is 5. The van der Waals surface area contributed by atoms with Gasteiger partial charge in [-0.05, 0) is 41.3 Å². The fourth-order valence-corrected chi connectivity index (χ4v) is 5.78. The third-order valence-electron chi connectivity index (χ3n) is 4.47. The van der Waals surface area contributed by atoms with Gasteiger partial charge in [0.05, 0.1) is 12.1 Å². The van der Waals surface area contributed by atoms with Crippen LogP contribution in [0.15, 0.2) is 70.1 Å². The molecule has 4 nitrogen and oxygen atoms in total. The smallest absolute Gasteiger partial charge is 0.272 e. The van der Waals surface area contributed by atoms with Gasteiger partial charge in [0.15, 0.2) is 5.16 Å². The molecular weight excluding hydrogens is 425 g/mol. The fraction of sp³-hybridized carbons (Fsp3) is 0.0952. The maximum Gasteiger partial charge on any atom is 0.272 e. The fourth-order valence-electron chi connectivity index (χ4n) is 3.12. The molecule has 0 saturated carbocycles. The summed E-state index contributed by atoms with van der Waals surface area (Å²) in [5.41, 5.74) is 1.48. The lowest BCUT2D eigenvalue weighted by atomic mass is 10.2. The first kappa shape index (κ1) is 18.5. The number of pyridine rings is 1.